The van der Waals surface area contributed by atoms with Crippen LogP contribution in [0.3, 0.4) is 0 Å². The number of para-hydroxylation sites is 1. The number of ether oxygens (including phenoxy) is 1. The number of aryl methyl sites for hydroxylation is 1. The van der Waals surface area contributed by atoms with Crippen molar-refractivity contribution in [1.29, 1.82) is 0 Å². The SMILES string of the molecule is Cc1nsc(-c2ccccc2N(C)C(=O)OC2CCN(CCNS(C)(=O)=O)CC2)n1. The van der Waals surface area contributed by atoms with Crippen molar-refractivity contribution in [2.45, 2.75) is 25.9 Å². The van der Waals surface area contributed by atoms with Gasteiger partial charge in [0.1, 0.15) is 16.9 Å². The summed E-state index contributed by atoms with van der Waals surface area (Å²) in [5.74, 6) is 0.702. The topological polar surface area (TPSA) is 105 Å². The van der Waals surface area contributed by atoms with E-state index in [1.54, 1.807) is 7.05 Å². The number of nitrogens with zero attached hydrogens (tertiary/aromatic N) is 4. The average Bonchev–Trinajstić information content (AvgIpc) is 3.14. The maximum Gasteiger partial charge on any atom is 0.414 e. The predicted molar refractivity (Wildman–Crippen MR) is 117 cm³/mol. The van der Waals surface area contributed by atoms with Gasteiger partial charge >= 0.3 is 6.09 Å². The molecular weight excluding hydrogens is 426 g/mol. The first-order chi connectivity index (χ1) is 14.2. The number of aromatic nitrogens is 2. The number of anilines is 1. The zero-order chi connectivity index (χ0) is 21.7. The number of carbonyl (C=O) groups excluding carboxylic acids is 1. The monoisotopic (exact) mass is 453 g/mol. The fraction of sp³-hybridized carbons (Fsp3) is 0.526. The Morgan fingerprint density at radius 1 is 1.33 bits per heavy atom. The van der Waals surface area contributed by atoms with Gasteiger partial charge in [-0.25, -0.2) is 22.9 Å². The molecule has 0 unspecified atom stereocenters. The molecule has 2 aromatic rings. The number of hydrogen-bond acceptors (Lipinski definition) is 8. The molecule has 1 aromatic carbocycles. The van der Waals surface area contributed by atoms with Gasteiger partial charge < -0.3 is 9.64 Å². The standard InChI is InChI=1S/C19H27N5O4S2/c1-14-21-18(29-22-14)16-6-4-5-7-17(16)23(2)19(25)28-15-8-11-24(12-9-15)13-10-20-30(3,26)27/h4-7,15,20H,8-13H2,1-3H3. The third kappa shape index (κ3) is 6.21. The Hall–Kier alpha value is -2.08. The van der Waals surface area contributed by atoms with E-state index in [9.17, 15) is 13.2 Å². The number of sulfonamides is 1. The van der Waals surface area contributed by atoms with Gasteiger partial charge in [0.15, 0.2) is 0 Å². The molecule has 1 aromatic heterocycles. The van der Waals surface area contributed by atoms with Crippen molar-refractivity contribution in [1.82, 2.24) is 19.0 Å². The van der Waals surface area contributed by atoms with Crippen molar-refractivity contribution in [3.05, 3.63) is 30.1 Å². The molecule has 2 heterocycles. The number of rotatable bonds is 7. The van der Waals surface area contributed by atoms with Crippen molar-refractivity contribution in [3.63, 3.8) is 0 Å². The molecule has 0 radical (unpaired) electrons. The Balaban J connectivity index is 1.54. The molecule has 3 rings (SSSR count). The fourth-order valence-corrected chi connectivity index (χ4v) is 4.48. The van der Waals surface area contributed by atoms with Gasteiger partial charge in [0, 0.05) is 38.8 Å². The highest BCUT2D eigenvalue weighted by Gasteiger charge is 2.25. The third-order valence-electron chi connectivity index (χ3n) is 4.89. The maximum atomic E-state index is 12.7. The van der Waals surface area contributed by atoms with Crippen molar-refractivity contribution in [3.8, 4) is 10.6 Å². The maximum absolute atomic E-state index is 12.7. The summed E-state index contributed by atoms with van der Waals surface area (Å²) in [5, 5.41) is 0.763. The molecule has 0 atom stereocenters. The van der Waals surface area contributed by atoms with Gasteiger partial charge in [-0.05, 0) is 43.4 Å². The van der Waals surface area contributed by atoms with Gasteiger partial charge in [0.2, 0.25) is 10.0 Å². The molecule has 9 nitrogen and oxygen atoms in total. The van der Waals surface area contributed by atoms with Crippen LogP contribution in [-0.2, 0) is 14.8 Å². The van der Waals surface area contributed by atoms with Crippen LogP contribution in [0.1, 0.15) is 18.7 Å². The average molecular weight is 454 g/mol. The number of likely N-dealkylation sites (tertiary alicyclic amines) is 1. The lowest BCUT2D eigenvalue weighted by atomic mass is 10.1. The summed E-state index contributed by atoms with van der Waals surface area (Å²) in [6.07, 6.45) is 2.03. The van der Waals surface area contributed by atoms with Gasteiger partial charge in [-0.15, -0.1) is 0 Å². The second-order valence-electron chi connectivity index (χ2n) is 7.31. The lowest BCUT2D eigenvalue weighted by Crippen LogP contribution is -2.42. The normalized spacial score (nSPS) is 15.8. The summed E-state index contributed by atoms with van der Waals surface area (Å²) in [6, 6.07) is 7.56. The molecule has 164 valence electrons. The van der Waals surface area contributed by atoms with E-state index in [0.29, 0.717) is 18.9 Å². The fourth-order valence-electron chi connectivity index (χ4n) is 3.31. The highest BCUT2D eigenvalue weighted by molar-refractivity contribution is 7.88. The molecule has 1 saturated heterocycles. The van der Waals surface area contributed by atoms with Gasteiger partial charge in [0.25, 0.3) is 0 Å². The molecule has 30 heavy (non-hydrogen) atoms. The van der Waals surface area contributed by atoms with Crippen LogP contribution in [0.15, 0.2) is 24.3 Å². The van der Waals surface area contributed by atoms with Crippen LogP contribution in [0, 0.1) is 6.92 Å². The lowest BCUT2D eigenvalue weighted by Gasteiger charge is -2.32. The summed E-state index contributed by atoms with van der Waals surface area (Å²) in [6.45, 7) is 4.38. The van der Waals surface area contributed by atoms with E-state index in [1.165, 1.54) is 16.4 Å². The number of hydrogen-bond donors (Lipinski definition) is 1. The van der Waals surface area contributed by atoms with E-state index in [0.717, 1.165) is 48.4 Å². The van der Waals surface area contributed by atoms with Gasteiger partial charge in [-0.2, -0.15) is 4.37 Å². The van der Waals surface area contributed by atoms with Crippen LogP contribution in [-0.4, -0.2) is 74.4 Å². The van der Waals surface area contributed by atoms with E-state index in [-0.39, 0.29) is 6.10 Å². The predicted octanol–water partition coefficient (Wildman–Crippen LogP) is 2.10. The first-order valence-corrected chi connectivity index (χ1v) is 12.4. The van der Waals surface area contributed by atoms with E-state index >= 15 is 0 Å². The molecule has 1 N–H and O–H groups in total. The second kappa shape index (κ2) is 9.82. The largest absolute Gasteiger partial charge is 0.446 e. The van der Waals surface area contributed by atoms with Gasteiger partial charge in [-0.1, -0.05) is 12.1 Å². The minimum Gasteiger partial charge on any atom is -0.446 e. The summed E-state index contributed by atoms with van der Waals surface area (Å²) < 4.78 is 34.7. The van der Waals surface area contributed by atoms with Gasteiger partial charge in [0.05, 0.1) is 11.9 Å². The van der Waals surface area contributed by atoms with Gasteiger partial charge in [-0.3, -0.25) is 4.90 Å². The lowest BCUT2D eigenvalue weighted by molar-refractivity contribution is 0.0562. The van der Waals surface area contributed by atoms with Crippen LogP contribution >= 0.6 is 11.5 Å². The molecule has 1 amide bonds. The van der Waals surface area contributed by atoms with Crippen LogP contribution in [0.5, 0.6) is 0 Å². The highest BCUT2D eigenvalue weighted by Crippen LogP contribution is 2.31. The Kier molecular flexibility index (Phi) is 7.40. The summed E-state index contributed by atoms with van der Waals surface area (Å²) >= 11 is 1.30. The molecule has 0 bridgehead atoms. The third-order valence-corrected chi connectivity index (χ3v) is 6.46. The Labute approximate surface area is 181 Å². The van der Waals surface area contributed by atoms with Crippen LogP contribution in [0.2, 0.25) is 0 Å². The first-order valence-electron chi connectivity index (χ1n) is 9.74. The van der Waals surface area contributed by atoms with Crippen molar-refractivity contribution in [2.24, 2.45) is 0 Å². The van der Waals surface area contributed by atoms with E-state index in [2.05, 4.69) is 19.0 Å². The smallest absolute Gasteiger partial charge is 0.414 e. The minimum absolute atomic E-state index is 0.157. The van der Waals surface area contributed by atoms with Crippen molar-refractivity contribution >= 4 is 33.3 Å². The van der Waals surface area contributed by atoms with Crippen molar-refractivity contribution < 1.29 is 17.9 Å². The second-order valence-corrected chi connectivity index (χ2v) is 9.90. The zero-order valence-electron chi connectivity index (χ0n) is 17.4. The van der Waals surface area contributed by atoms with Crippen molar-refractivity contribution in [2.75, 3.05) is 44.4 Å². The molecule has 0 spiro atoms. The van der Waals surface area contributed by atoms with E-state index in [4.69, 9.17) is 4.74 Å². The Morgan fingerprint density at radius 3 is 2.67 bits per heavy atom. The number of carbonyl (C=O) groups is 1. The molecular formula is C19H27N5O4S2. The minimum atomic E-state index is -3.17. The highest BCUT2D eigenvalue weighted by atomic mass is 32.2. The zero-order valence-corrected chi connectivity index (χ0v) is 19.0. The molecule has 0 saturated carbocycles. The molecule has 11 heteroatoms. The molecule has 1 aliphatic rings. The Morgan fingerprint density at radius 2 is 2.03 bits per heavy atom. The number of nitrogens with one attached hydrogen (secondary N) is 1. The van der Waals surface area contributed by atoms with Crippen LogP contribution < -0.4 is 9.62 Å². The molecule has 0 aliphatic carbocycles. The van der Waals surface area contributed by atoms with E-state index < -0.39 is 16.1 Å². The summed E-state index contributed by atoms with van der Waals surface area (Å²) in [7, 11) is -1.47. The number of amides is 1. The first kappa shape index (κ1) is 22.6. The Bertz CT molecular complexity index is 971. The molecule has 1 fully saturated rings. The summed E-state index contributed by atoms with van der Waals surface area (Å²) in [4.78, 5) is 20.8. The summed E-state index contributed by atoms with van der Waals surface area (Å²) in [5.41, 5.74) is 1.57. The van der Waals surface area contributed by atoms with Crippen LogP contribution in [0.25, 0.3) is 10.6 Å². The number of benzene rings is 1. The van der Waals surface area contributed by atoms with Crippen LogP contribution in [0.4, 0.5) is 10.5 Å². The molecule has 1 aliphatic heterocycles. The van der Waals surface area contributed by atoms with E-state index in [1.807, 2.05) is 31.2 Å². The quantitative estimate of drug-likeness (QED) is 0.684. The number of piperidine rings is 1.